The van der Waals surface area contributed by atoms with Crippen molar-refractivity contribution in [1.82, 2.24) is 19.9 Å². The van der Waals surface area contributed by atoms with Gasteiger partial charge in [-0.2, -0.15) is 0 Å². The van der Waals surface area contributed by atoms with E-state index >= 15 is 0 Å². The molecule has 0 atom stereocenters. The molecule has 0 radical (unpaired) electrons. The molecule has 0 spiro atoms. The summed E-state index contributed by atoms with van der Waals surface area (Å²) in [7, 11) is 0. The molecule has 2 fully saturated rings. The van der Waals surface area contributed by atoms with Crippen LogP contribution in [0.15, 0.2) is 121 Å². The Labute approximate surface area is 483 Å². The smallest absolute Gasteiger partial charge is 0.323 e. The van der Waals surface area contributed by atoms with Gasteiger partial charge in [0.1, 0.15) is 62.6 Å². The van der Waals surface area contributed by atoms with E-state index in [0.717, 1.165) is 55.5 Å². The summed E-state index contributed by atoms with van der Waals surface area (Å²) in [4.78, 5) is 69.5. The standard InChI is InChI=1S/C66H62N4O14/c1-3-77-61(73)65(25-26-65)63(75)83-35-33-81-47-15-7-11-43(39-47)59-53-21-17-49(67-53)57(41-9-5-13-45(37-41)79-31-29-71)51-19-23-55(69-51)60(44-12-8-16-48(40-44)82-34-36-84-64(76)66(27-28-66)62(74)78-4-2)56-24-20-52(70-56)58(50-18-22-54(59)68-50)42-10-6-14-46(38-42)80-32-30-72/h5-24,37-40,67,70-72H,3-4,25-36H2,1-2H3. The third-order valence-corrected chi connectivity index (χ3v) is 14.7. The summed E-state index contributed by atoms with van der Waals surface area (Å²) < 4.78 is 45.7. The number of nitrogens with one attached hydrogen (secondary N) is 2. The molecule has 8 bridgehead atoms. The summed E-state index contributed by atoms with van der Waals surface area (Å²) >= 11 is 0. The number of aromatic nitrogens is 4. The number of H-pyrrole nitrogens is 2. The zero-order chi connectivity index (χ0) is 58.2. The van der Waals surface area contributed by atoms with Gasteiger partial charge in [0, 0.05) is 44.3 Å². The lowest BCUT2D eigenvalue weighted by Crippen LogP contribution is -2.30. The molecule has 2 saturated carbocycles. The van der Waals surface area contributed by atoms with Gasteiger partial charge in [0.15, 0.2) is 10.8 Å². The maximum Gasteiger partial charge on any atom is 0.323 e. The number of aliphatic hydroxyl groups excluding tert-OH is 2. The Morgan fingerprint density at radius 2 is 0.690 bits per heavy atom. The molecule has 18 heteroatoms. The average Bonchev–Trinajstić information content (AvgIpc) is 4.09. The van der Waals surface area contributed by atoms with E-state index < -0.39 is 34.7 Å². The zero-order valence-corrected chi connectivity index (χ0v) is 46.4. The summed E-state index contributed by atoms with van der Waals surface area (Å²) in [5.74, 6) is -0.240. The summed E-state index contributed by atoms with van der Waals surface area (Å²) in [6.45, 7) is 3.51. The van der Waals surface area contributed by atoms with Crippen LogP contribution in [0.5, 0.6) is 23.0 Å². The molecule has 0 saturated heterocycles. The highest BCUT2D eigenvalue weighted by Gasteiger charge is 2.60. The number of fused-ring (bicyclic) bond motifs is 8. The van der Waals surface area contributed by atoms with Crippen LogP contribution in [0.25, 0.3) is 90.9 Å². The van der Waals surface area contributed by atoms with Gasteiger partial charge in [0.05, 0.1) is 49.2 Å². The first-order valence-electron chi connectivity index (χ1n) is 28.0. The Morgan fingerprint density at radius 1 is 0.405 bits per heavy atom. The predicted molar refractivity (Wildman–Crippen MR) is 315 cm³/mol. The number of aliphatic hydroxyl groups is 2. The molecule has 4 aliphatic rings. The Kier molecular flexibility index (Phi) is 16.7. The maximum atomic E-state index is 13.0. The number of hydrogen-bond acceptors (Lipinski definition) is 16. The minimum Gasteiger partial charge on any atom is -0.491 e. The topological polar surface area (TPSA) is 240 Å². The molecule has 5 heterocycles. The lowest BCUT2D eigenvalue weighted by molar-refractivity contribution is -0.166. The van der Waals surface area contributed by atoms with Gasteiger partial charge in [0.2, 0.25) is 0 Å². The van der Waals surface area contributed by atoms with Crippen LogP contribution in [0.3, 0.4) is 0 Å². The largest absolute Gasteiger partial charge is 0.491 e. The number of aromatic amines is 2. The van der Waals surface area contributed by atoms with Gasteiger partial charge in [0.25, 0.3) is 0 Å². The van der Waals surface area contributed by atoms with Gasteiger partial charge in [-0.3, -0.25) is 19.2 Å². The van der Waals surface area contributed by atoms with Crippen molar-refractivity contribution in [2.45, 2.75) is 39.5 Å². The Morgan fingerprint density at radius 3 is 0.964 bits per heavy atom. The van der Waals surface area contributed by atoms with E-state index in [0.29, 0.717) is 82.5 Å². The third-order valence-electron chi connectivity index (χ3n) is 14.7. The number of benzene rings is 4. The third kappa shape index (κ3) is 11.9. The number of nitrogens with zero attached hydrogens (tertiary/aromatic N) is 2. The first kappa shape index (κ1) is 56.3. The van der Waals surface area contributed by atoms with Crippen molar-refractivity contribution in [1.29, 1.82) is 0 Å². The van der Waals surface area contributed by atoms with E-state index in [1.54, 1.807) is 13.8 Å². The van der Waals surface area contributed by atoms with E-state index in [9.17, 15) is 29.4 Å². The van der Waals surface area contributed by atoms with Crippen LogP contribution in [-0.2, 0) is 38.1 Å². The van der Waals surface area contributed by atoms with Crippen LogP contribution in [-0.4, -0.2) is 120 Å². The quantitative estimate of drug-likeness (QED) is 0.0190. The van der Waals surface area contributed by atoms with Crippen molar-refractivity contribution in [3.05, 3.63) is 144 Å². The number of carbonyl (C=O) groups is 4. The summed E-state index contributed by atoms with van der Waals surface area (Å²) in [5, 5.41) is 19.4. The minimum absolute atomic E-state index is 0.0266. The fourth-order valence-corrected chi connectivity index (χ4v) is 10.3. The van der Waals surface area contributed by atoms with Crippen LogP contribution >= 0.6 is 0 Å². The first-order valence-corrected chi connectivity index (χ1v) is 28.0. The van der Waals surface area contributed by atoms with Gasteiger partial charge >= 0.3 is 23.9 Å². The van der Waals surface area contributed by atoms with Crippen LogP contribution in [0.4, 0.5) is 0 Å². The summed E-state index contributed by atoms with van der Waals surface area (Å²) in [6.07, 6.45) is 9.41. The molecule has 0 amide bonds. The fourth-order valence-electron chi connectivity index (χ4n) is 10.3. The van der Waals surface area contributed by atoms with E-state index in [4.69, 9.17) is 47.9 Å². The van der Waals surface area contributed by atoms with Gasteiger partial charge in [-0.05, 0) is 159 Å². The van der Waals surface area contributed by atoms with Crippen LogP contribution in [0.1, 0.15) is 62.3 Å². The second kappa shape index (κ2) is 24.9. The Bertz CT molecular complexity index is 3640. The molecule has 0 unspecified atom stereocenters. The molecule has 7 aromatic rings. The molecule has 430 valence electrons. The SMILES string of the molecule is CCOC(=O)C1(C(=O)OCCOc2cccc(-c3c4nc(c(-c5cccc(OCCO)c5)c5ccc([nH]5)c(-c5cccc(OCCOC(=O)C6(C(=O)OCC)CC6)c5)c5nc(c(-c6cccc(OCCO)c6)c6ccc3[nH]6)C=C5)C=C4)c2)CC1. The first-order chi connectivity index (χ1) is 41.0. The number of carbonyl (C=O) groups excluding carboxylic acids is 4. The van der Waals surface area contributed by atoms with Crippen molar-refractivity contribution in [3.8, 4) is 67.5 Å². The van der Waals surface area contributed by atoms with Crippen molar-refractivity contribution in [3.63, 3.8) is 0 Å². The highest BCUT2D eigenvalue weighted by molar-refractivity contribution is 6.04. The summed E-state index contributed by atoms with van der Waals surface area (Å²) in [5.41, 5.74) is 8.95. The summed E-state index contributed by atoms with van der Waals surface area (Å²) in [6, 6.07) is 38.3. The number of ether oxygens (including phenoxy) is 8. The van der Waals surface area contributed by atoms with E-state index in [1.165, 1.54) is 0 Å². The number of esters is 4. The molecule has 2 aliphatic carbocycles. The average molecular weight is 1140 g/mol. The second-order valence-corrected chi connectivity index (χ2v) is 20.3. The van der Waals surface area contributed by atoms with Crippen LogP contribution < -0.4 is 18.9 Å². The van der Waals surface area contributed by atoms with Crippen molar-refractivity contribution in [2.75, 3.05) is 66.1 Å². The number of hydrogen-bond donors (Lipinski definition) is 4. The highest BCUT2D eigenvalue weighted by Crippen LogP contribution is 2.49. The fraction of sp³-hybridized carbons (Fsp3) is 0.273. The second-order valence-electron chi connectivity index (χ2n) is 20.3. The van der Waals surface area contributed by atoms with E-state index in [2.05, 4.69) is 9.97 Å². The lowest BCUT2D eigenvalue weighted by atomic mass is 10.0. The molecular formula is C66H62N4O14. The van der Waals surface area contributed by atoms with E-state index in [-0.39, 0.29) is 66.1 Å². The maximum absolute atomic E-state index is 13.0. The molecule has 4 N–H and O–H groups in total. The van der Waals surface area contributed by atoms with Crippen LogP contribution in [0, 0.1) is 10.8 Å². The predicted octanol–water partition coefficient (Wildman–Crippen LogP) is 10.6. The molecular weight excluding hydrogens is 1070 g/mol. The van der Waals surface area contributed by atoms with Gasteiger partial charge in [-0.25, -0.2) is 9.97 Å². The van der Waals surface area contributed by atoms with Crippen molar-refractivity contribution < 1.29 is 67.3 Å². The van der Waals surface area contributed by atoms with Gasteiger partial charge in [-0.15, -0.1) is 0 Å². The lowest BCUT2D eigenvalue weighted by Gasteiger charge is -2.14. The van der Waals surface area contributed by atoms with Gasteiger partial charge in [-0.1, -0.05) is 48.5 Å². The van der Waals surface area contributed by atoms with Crippen LogP contribution in [0.2, 0.25) is 0 Å². The van der Waals surface area contributed by atoms with Gasteiger partial charge < -0.3 is 58.1 Å². The highest BCUT2D eigenvalue weighted by atomic mass is 16.6. The van der Waals surface area contributed by atoms with Crippen molar-refractivity contribution in [2.24, 2.45) is 10.8 Å². The molecule has 84 heavy (non-hydrogen) atoms. The minimum atomic E-state index is -1.24. The molecule has 3 aromatic heterocycles. The monoisotopic (exact) mass is 1130 g/mol. The van der Waals surface area contributed by atoms with E-state index in [1.807, 2.05) is 146 Å². The number of rotatable bonds is 24. The Balaban J connectivity index is 1.05. The zero-order valence-electron chi connectivity index (χ0n) is 46.4. The molecule has 11 rings (SSSR count). The Hall–Kier alpha value is -9.52. The normalized spacial score (nSPS) is 14.0. The molecule has 2 aliphatic heterocycles. The molecule has 18 nitrogen and oxygen atoms in total. The van der Waals surface area contributed by atoms with Crippen molar-refractivity contribution >= 4 is 70.2 Å². The molecule has 4 aromatic carbocycles.